The van der Waals surface area contributed by atoms with Gasteiger partial charge in [-0.3, -0.25) is 0 Å². The third kappa shape index (κ3) is 7.37. The number of halogens is 1. The van der Waals surface area contributed by atoms with Crippen LogP contribution in [0.1, 0.15) is 54.4 Å². The molecule has 0 saturated carbocycles. The third-order valence-electron chi connectivity index (χ3n) is 2.17. The Bertz CT molecular complexity index is 142. The lowest BCUT2D eigenvalue weighted by Gasteiger charge is -2.34. The smallest absolute Gasteiger partial charge is 0.0249 e. The van der Waals surface area contributed by atoms with Crippen LogP contribution in [-0.4, -0.2) is 5.88 Å². The predicted molar refractivity (Wildman–Crippen MR) is 62.4 cm³/mol. The monoisotopic (exact) mass is 204 g/mol. The van der Waals surface area contributed by atoms with Crippen molar-refractivity contribution in [1.82, 2.24) is 0 Å². The van der Waals surface area contributed by atoms with Gasteiger partial charge < -0.3 is 0 Å². The predicted octanol–water partition coefficient (Wildman–Crippen LogP) is 4.71. The third-order valence-corrected chi connectivity index (χ3v) is 2.70. The first-order valence-electron chi connectivity index (χ1n) is 5.22. The van der Waals surface area contributed by atoms with Crippen LogP contribution in [0.4, 0.5) is 0 Å². The van der Waals surface area contributed by atoms with E-state index in [0.717, 1.165) is 5.88 Å². The van der Waals surface area contributed by atoms with E-state index in [-0.39, 0.29) is 0 Å². The van der Waals surface area contributed by atoms with Gasteiger partial charge in [0.15, 0.2) is 0 Å². The van der Waals surface area contributed by atoms with Gasteiger partial charge in [0.1, 0.15) is 0 Å². The van der Waals surface area contributed by atoms with Gasteiger partial charge in [-0.1, -0.05) is 41.5 Å². The molecule has 0 amide bonds. The van der Waals surface area contributed by atoms with Gasteiger partial charge in [0.2, 0.25) is 0 Å². The van der Waals surface area contributed by atoms with Crippen LogP contribution in [0.25, 0.3) is 0 Å². The molecule has 0 aliphatic carbocycles. The summed E-state index contributed by atoms with van der Waals surface area (Å²) < 4.78 is 0. The highest BCUT2D eigenvalue weighted by atomic mass is 35.5. The molecule has 0 aliphatic heterocycles. The van der Waals surface area contributed by atoms with Crippen LogP contribution in [-0.2, 0) is 0 Å². The largest absolute Gasteiger partial charge is 0.126 e. The standard InChI is InChI=1S/C12H25Cl/c1-10(8-13)7-12(5,6)9-11(2,3)4/h10H,7-9H2,1-6H3. The van der Waals surface area contributed by atoms with E-state index in [2.05, 4.69) is 41.5 Å². The Labute approximate surface area is 89.1 Å². The minimum atomic E-state index is 0.423. The fourth-order valence-corrected chi connectivity index (χ4v) is 2.61. The lowest BCUT2D eigenvalue weighted by atomic mass is 9.72. The molecule has 0 bridgehead atoms. The minimum Gasteiger partial charge on any atom is -0.126 e. The van der Waals surface area contributed by atoms with Gasteiger partial charge in [0.25, 0.3) is 0 Å². The molecule has 0 aromatic heterocycles. The average molecular weight is 205 g/mol. The first-order chi connectivity index (χ1) is 5.66. The Morgan fingerprint density at radius 2 is 1.54 bits per heavy atom. The highest BCUT2D eigenvalue weighted by Crippen LogP contribution is 2.37. The first kappa shape index (κ1) is 13.3. The summed E-state index contributed by atoms with van der Waals surface area (Å²) in [4.78, 5) is 0. The van der Waals surface area contributed by atoms with Gasteiger partial charge in [-0.2, -0.15) is 0 Å². The molecule has 0 radical (unpaired) electrons. The molecule has 13 heavy (non-hydrogen) atoms. The van der Waals surface area contributed by atoms with Crippen molar-refractivity contribution >= 4 is 11.6 Å². The summed E-state index contributed by atoms with van der Waals surface area (Å²) in [7, 11) is 0. The summed E-state index contributed by atoms with van der Waals surface area (Å²) in [5, 5.41) is 0. The molecule has 1 unspecified atom stereocenters. The number of hydrogen-bond donors (Lipinski definition) is 0. The van der Waals surface area contributed by atoms with Crippen molar-refractivity contribution in [2.75, 3.05) is 5.88 Å². The Hall–Kier alpha value is 0.290. The maximum absolute atomic E-state index is 5.83. The van der Waals surface area contributed by atoms with Crippen molar-refractivity contribution in [2.45, 2.75) is 54.4 Å². The van der Waals surface area contributed by atoms with Crippen molar-refractivity contribution in [3.05, 3.63) is 0 Å². The van der Waals surface area contributed by atoms with Crippen LogP contribution < -0.4 is 0 Å². The molecule has 0 nitrogen and oxygen atoms in total. The molecule has 1 heteroatoms. The summed E-state index contributed by atoms with van der Waals surface area (Å²) >= 11 is 5.83. The number of alkyl halides is 1. The Balaban J connectivity index is 4.08. The lowest BCUT2D eigenvalue weighted by molar-refractivity contribution is 0.180. The summed E-state index contributed by atoms with van der Waals surface area (Å²) in [6.07, 6.45) is 2.50. The molecular formula is C12H25Cl. The second-order valence-electron chi connectivity index (χ2n) is 6.37. The molecule has 0 rings (SSSR count). The van der Waals surface area contributed by atoms with Crippen molar-refractivity contribution in [3.8, 4) is 0 Å². The van der Waals surface area contributed by atoms with Crippen LogP contribution in [0.2, 0.25) is 0 Å². The first-order valence-corrected chi connectivity index (χ1v) is 5.76. The molecule has 1 atom stereocenters. The topological polar surface area (TPSA) is 0 Å². The van der Waals surface area contributed by atoms with E-state index in [1.807, 2.05) is 0 Å². The van der Waals surface area contributed by atoms with Crippen LogP contribution in [0, 0.1) is 16.7 Å². The summed E-state index contributed by atoms with van der Waals surface area (Å²) in [5.41, 5.74) is 0.849. The molecule has 0 saturated heterocycles. The van der Waals surface area contributed by atoms with E-state index in [1.165, 1.54) is 12.8 Å². The molecule has 0 heterocycles. The Kier molecular flexibility index (Phi) is 4.79. The zero-order valence-electron chi connectivity index (χ0n) is 10.1. The molecule has 0 spiro atoms. The van der Waals surface area contributed by atoms with Gasteiger partial charge in [-0.15, -0.1) is 11.6 Å². The number of rotatable bonds is 4. The summed E-state index contributed by atoms with van der Waals surface area (Å²) in [6.45, 7) is 13.8. The van der Waals surface area contributed by atoms with E-state index < -0.39 is 0 Å². The van der Waals surface area contributed by atoms with Gasteiger partial charge >= 0.3 is 0 Å². The van der Waals surface area contributed by atoms with Crippen molar-refractivity contribution in [1.29, 1.82) is 0 Å². The fraction of sp³-hybridized carbons (Fsp3) is 1.00. The molecule has 0 aromatic carbocycles. The Morgan fingerprint density at radius 1 is 1.08 bits per heavy atom. The molecule has 0 N–H and O–H groups in total. The van der Waals surface area contributed by atoms with E-state index in [4.69, 9.17) is 11.6 Å². The van der Waals surface area contributed by atoms with Crippen molar-refractivity contribution in [2.24, 2.45) is 16.7 Å². The van der Waals surface area contributed by atoms with E-state index in [1.54, 1.807) is 0 Å². The SMILES string of the molecule is CC(CCl)CC(C)(C)CC(C)(C)C. The van der Waals surface area contributed by atoms with Gasteiger partial charge in [0, 0.05) is 5.88 Å². The minimum absolute atomic E-state index is 0.423. The zero-order valence-corrected chi connectivity index (χ0v) is 10.8. The second kappa shape index (κ2) is 4.68. The van der Waals surface area contributed by atoms with E-state index in [0.29, 0.717) is 16.7 Å². The van der Waals surface area contributed by atoms with Crippen LogP contribution in [0.5, 0.6) is 0 Å². The molecule has 0 aromatic rings. The van der Waals surface area contributed by atoms with Crippen molar-refractivity contribution < 1.29 is 0 Å². The molecule has 0 aliphatic rings. The van der Waals surface area contributed by atoms with Crippen LogP contribution in [0.3, 0.4) is 0 Å². The van der Waals surface area contributed by atoms with Gasteiger partial charge in [-0.25, -0.2) is 0 Å². The zero-order chi connectivity index (χ0) is 10.7. The summed E-state index contributed by atoms with van der Waals surface area (Å²) in [6, 6.07) is 0. The molecule has 0 fully saturated rings. The lowest BCUT2D eigenvalue weighted by Crippen LogP contribution is -2.23. The highest BCUT2D eigenvalue weighted by molar-refractivity contribution is 6.18. The van der Waals surface area contributed by atoms with Crippen molar-refractivity contribution in [3.63, 3.8) is 0 Å². The quantitative estimate of drug-likeness (QED) is 0.582. The second-order valence-corrected chi connectivity index (χ2v) is 6.67. The molecular weight excluding hydrogens is 180 g/mol. The van der Waals surface area contributed by atoms with E-state index in [9.17, 15) is 0 Å². The Morgan fingerprint density at radius 3 is 1.85 bits per heavy atom. The maximum atomic E-state index is 5.83. The van der Waals surface area contributed by atoms with Crippen LogP contribution >= 0.6 is 11.6 Å². The highest BCUT2D eigenvalue weighted by Gasteiger charge is 2.26. The fourth-order valence-electron chi connectivity index (χ4n) is 2.51. The van der Waals surface area contributed by atoms with Gasteiger partial charge in [-0.05, 0) is 29.6 Å². The van der Waals surface area contributed by atoms with Crippen LogP contribution in [0.15, 0.2) is 0 Å². The normalized spacial score (nSPS) is 15.9. The molecule has 80 valence electrons. The maximum Gasteiger partial charge on any atom is 0.0249 e. The summed E-state index contributed by atoms with van der Waals surface area (Å²) in [5.74, 6) is 1.42. The number of hydrogen-bond acceptors (Lipinski definition) is 0. The van der Waals surface area contributed by atoms with E-state index >= 15 is 0 Å². The van der Waals surface area contributed by atoms with Gasteiger partial charge in [0.05, 0.1) is 0 Å². The average Bonchev–Trinajstić information content (AvgIpc) is 1.80.